The van der Waals surface area contributed by atoms with Gasteiger partial charge in [-0.3, -0.25) is 10.00 Å². The Labute approximate surface area is 142 Å². The maximum Gasteiger partial charge on any atom is 0.435 e. The normalized spacial score (nSPS) is 19.2. The van der Waals surface area contributed by atoms with Crippen LogP contribution in [0, 0.1) is 0 Å². The Balaban J connectivity index is 0.00000208. The lowest BCUT2D eigenvalue weighted by molar-refractivity contribution is -0.141. The van der Waals surface area contributed by atoms with Crippen LogP contribution < -0.4 is 5.73 Å². The van der Waals surface area contributed by atoms with Crippen LogP contribution in [0.15, 0.2) is 10.6 Å². The van der Waals surface area contributed by atoms with Gasteiger partial charge < -0.3 is 10.3 Å². The first-order valence-electron chi connectivity index (χ1n) is 7.32. The highest BCUT2D eigenvalue weighted by Gasteiger charge is 2.35. The molecule has 0 radical (unpaired) electrons. The first-order valence-corrected chi connectivity index (χ1v) is 7.32. The molecule has 1 unspecified atom stereocenters. The molecule has 3 rings (SSSR count). The fourth-order valence-electron chi connectivity index (χ4n) is 2.78. The molecule has 3 N–H and O–H groups in total. The quantitative estimate of drug-likeness (QED) is 0.859. The van der Waals surface area contributed by atoms with Gasteiger partial charge in [0.05, 0.1) is 13.1 Å². The van der Waals surface area contributed by atoms with Gasteiger partial charge in [0.15, 0.2) is 11.5 Å². The lowest BCUT2D eigenvalue weighted by atomic mass is 9.94. The minimum atomic E-state index is -4.42. The van der Waals surface area contributed by atoms with Gasteiger partial charge in [-0.25, -0.2) is 0 Å². The molecule has 2 aromatic rings. The highest BCUT2D eigenvalue weighted by molar-refractivity contribution is 5.85. The number of rotatable bonds is 4. The van der Waals surface area contributed by atoms with Gasteiger partial charge in [-0.05, 0) is 25.5 Å². The van der Waals surface area contributed by atoms with Gasteiger partial charge in [0.1, 0.15) is 0 Å². The fraction of sp³-hybridized carbons (Fsp3) is 0.615. The summed E-state index contributed by atoms with van der Waals surface area (Å²) in [7, 11) is 0. The van der Waals surface area contributed by atoms with Crippen molar-refractivity contribution in [2.75, 3.05) is 13.1 Å². The summed E-state index contributed by atoms with van der Waals surface area (Å²) in [5.41, 5.74) is 5.05. The average molecular weight is 367 g/mol. The van der Waals surface area contributed by atoms with Crippen molar-refractivity contribution >= 4 is 12.4 Å². The lowest BCUT2D eigenvalue weighted by Gasteiger charge is -2.31. The summed E-state index contributed by atoms with van der Waals surface area (Å²) >= 11 is 0. The second-order valence-corrected chi connectivity index (χ2v) is 5.59. The maximum atomic E-state index is 12.6. The zero-order valence-electron chi connectivity index (χ0n) is 12.7. The molecule has 11 heteroatoms. The molecular weight excluding hydrogens is 349 g/mol. The third-order valence-corrected chi connectivity index (χ3v) is 3.88. The fourth-order valence-corrected chi connectivity index (χ4v) is 2.78. The Hall–Kier alpha value is -1.65. The summed E-state index contributed by atoms with van der Waals surface area (Å²) in [5, 5.41) is 9.72. The average Bonchev–Trinajstić information content (AvgIpc) is 3.16. The van der Waals surface area contributed by atoms with Crippen molar-refractivity contribution in [2.45, 2.75) is 38.0 Å². The molecule has 0 aliphatic carbocycles. The number of aromatic nitrogens is 4. The van der Waals surface area contributed by atoms with E-state index in [4.69, 9.17) is 10.3 Å². The summed E-state index contributed by atoms with van der Waals surface area (Å²) in [6.07, 6.45) is -2.73. The largest absolute Gasteiger partial charge is 0.435 e. The van der Waals surface area contributed by atoms with E-state index in [1.165, 1.54) is 0 Å². The number of halogens is 4. The van der Waals surface area contributed by atoms with Gasteiger partial charge in [0, 0.05) is 18.2 Å². The second kappa shape index (κ2) is 7.49. The molecule has 24 heavy (non-hydrogen) atoms. The van der Waals surface area contributed by atoms with Gasteiger partial charge in [0.2, 0.25) is 5.89 Å². The summed E-state index contributed by atoms with van der Waals surface area (Å²) < 4.78 is 42.9. The van der Waals surface area contributed by atoms with Gasteiger partial charge in [-0.2, -0.15) is 23.3 Å². The van der Waals surface area contributed by atoms with Crippen molar-refractivity contribution in [3.05, 3.63) is 29.2 Å². The number of hydrogen-bond donors (Lipinski definition) is 2. The van der Waals surface area contributed by atoms with E-state index in [0.717, 1.165) is 25.5 Å². The number of likely N-dealkylation sites (tertiary alicyclic amines) is 1. The number of nitrogens with two attached hydrogens (primary N) is 1. The van der Waals surface area contributed by atoms with Crippen molar-refractivity contribution in [1.29, 1.82) is 0 Å². The van der Waals surface area contributed by atoms with E-state index in [-0.39, 0.29) is 24.9 Å². The third-order valence-electron chi connectivity index (χ3n) is 3.88. The summed E-state index contributed by atoms with van der Waals surface area (Å²) in [4.78, 5) is 6.23. The zero-order chi connectivity index (χ0) is 16.4. The first kappa shape index (κ1) is 18.7. The maximum absolute atomic E-state index is 12.6. The molecule has 134 valence electrons. The molecule has 1 saturated heterocycles. The summed E-state index contributed by atoms with van der Waals surface area (Å²) in [6.45, 7) is 2.12. The van der Waals surface area contributed by atoms with Crippen LogP contribution in [0.5, 0.6) is 0 Å². The van der Waals surface area contributed by atoms with E-state index in [1.807, 2.05) is 0 Å². The van der Waals surface area contributed by atoms with E-state index >= 15 is 0 Å². The SMILES string of the molecule is Cl.NCc1nc(CN2CCCC(c3cc(C(F)(F)F)n[nH]3)C2)no1. The van der Waals surface area contributed by atoms with Crippen molar-refractivity contribution in [2.24, 2.45) is 5.73 Å². The van der Waals surface area contributed by atoms with Crippen LogP contribution in [0.4, 0.5) is 13.2 Å². The van der Waals surface area contributed by atoms with Crippen LogP contribution in [0.25, 0.3) is 0 Å². The Morgan fingerprint density at radius 1 is 1.42 bits per heavy atom. The molecule has 1 atom stereocenters. The highest BCUT2D eigenvalue weighted by Crippen LogP contribution is 2.32. The number of piperidine rings is 1. The van der Waals surface area contributed by atoms with Crippen molar-refractivity contribution in [3.63, 3.8) is 0 Å². The number of aromatic amines is 1. The molecular formula is C13H18ClF3N6O. The monoisotopic (exact) mass is 366 g/mol. The number of alkyl halides is 3. The van der Waals surface area contributed by atoms with Crippen molar-refractivity contribution in [3.8, 4) is 0 Å². The predicted octanol–water partition coefficient (Wildman–Crippen LogP) is 2.07. The zero-order valence-corrected chi connectivity index (χ0v) is 13.5. The third kappa shape index (κ3) is 4.25. The summed E-state index contributed by atoms with van der Waals surface area (Å²) in [5.74, 6) is 0.886. The lowest BCUT2D eigenvalue weighted by Crippen LogP contribution is -2.34. The molecule has 0 saturated carbocycles. The van der Waals surface area contributed by atoms with Crippen molar-refractivity contribution in [1.82, 2.24) is 25.2 Å². The van der Waals surface area contributed by atoms with E-state index in [1.54, 1.807) is 0 Å². The van der Waals surface area contributed by atoms with E-state index in [9.17, 15) is 13.2 Å². The van der Waals surface area contributed by atoms with Gasteiger partial charge >= 0.3 is 6.18 Å². The molecule has 0 aromatic carbocycles. The van der Waals surface area contributed by atoms with Gasteiger partial charge in [0.25, 0.3) is 0 Å². The van der Waals surface area contributed by atoms with Crippen LogP contribution in [0.1, 0.15) is 41.9 Å². The molecule has 0 bridgehead atoms. The molecule has 0 amide bonds. The predicted molar refractivity (Wildman–Crippen MR) is 80.3 cm³/mol. The summed E-state index contributed by atoms with van der Waals surface area (Å²) in [6, 6.07) is 1.09. The molecule has 3 heterocycles. The number of H-pyrrole nitrogens is 1. The molecule has 0 spiro atoms. The van der Waals surface area contributed by atoms with Crippen LogP contribution in [0.3, 0.4) is 0 Å². The van der Waals surface area contributed by atoms with Crippen LogP contribution in [-0.2, 0) is 19.3 Å². The molecule has 1 fully saturated rings. The Bertz CT molecular complexity index is 658. The number of nitrogens with zero attached hydrogens (tertiary/aromatic N) is 4. The van der Waals surface area contributed by atoms with Crippen LogP contribution in [0.2, 0.25) is 0 Å². The minimum Gasteiger partial charge on any atom is -0.338 e. The topological polar surface area (TPSA) is 96.9 Å². The molecule has 1 aliphatic rings. The highest BCUT2D eigenvalue weighted by atomic mass is 35.5. The molecule has 2 aromatic heterocycles. The van der Waals surface area contributed by atoms with Crippen LogP contribution in [-0.4, -0.2) is 38.3 Å². The minimum absolute atomic E-state index is 0. The molecule has 7 nitrogen and oxygen atoms in total. The van der Waals surface area contributed by atoms with Gasteiger partial charge in [-0.1, -0.05) is 5.16 Å². The molecule has 1 aliphatic heterocycles. The first-order chi connectivity index (χ1) is 11.0. The number of nitrogens with one attached hydrogen (secondary N) is 1. The van der Waals surface area contributed by atoms with E-state index in [0.29, 0.717) is 30.5 Å². The van der Waals surface area contributed by atoms with E-state index in [2.05, 4.69) is 25.2 Å². The smallest absolute Gasteiger partial charge is 0.338 e. The van der Waals surface area contributed by atoms with E-state index < -0.39 is 11.9 Å². The Morgan fingerprint density at radius 3 is 2.83 bits per heavy atom. The standard InChI is InChI=1S/C13H17F3N6O.ClH/c14-13(15,16)10-4-9(19-20-10)8-2-1-3-22(6-8)7-11-18-12(5-17)23-21-11;/h4,8H,1-3,5-7,17H2,(H,19,20);1H. The second-order valence-electron chi connectivity index (χ2n) is 5.59. The Kier molecular flexibility index (Phi) is 5.83. The van der Waals surface area contributed by atoms with Gasteiger partial charge in [-0.15, -0.1) is 12.4 Å². The van der Waals surface area contributed by atoms with Crippen molar-refractivity contribution < 1.29 is 17.7 Å². The Morgan fingerprint density at radius 2 is 2.21 bits per heavy atom. The van der Waals surface area contributed by atoms with Crippen LogP contribution >= 0.6 is 12.4 Å². The number of hydrogen-bond acceptors (Lipinski definition) is 6.